The molecule has 2 fully saturated rings. The van der Waals surface area contributed by atoms with Gasteiger partial charge in [0.1, 0.15) is 0 Å². The van der Waals surface area contributed by atoms with Crippen molar-refractivity contribution in [1.82, 2.24) is 9.80 Å². The molecule has 0 unspecified atom stereocenters. The predicted molar refractivity (Wildman–Crippen MR) is 69.4 cm³/mol. The molecule has 2 heterocycles. The standard InChI is InChI=1S/C10H12N2O5S2/c1-3-17-10(2,11-6(13)4-18-8(11)15)12-7(14)5-19-9(12)16/h3-5H2,1-2H3. The predicted octanol–water partition coefficient (Wildman–Crippen LogP) is 1.09. The van der Waals surface area contributed by atoms with E-state index in [4.69, 9.17) is 4.74 Å². The van der Waals surface area contributed by atoms with E-state index in [1.807, 2.05) is 0 Å². The van der Waals surface area contributed by atoms with Crippen LogP contribution in [0.25, 0.3) is 0 Å². The van der Waals surface area contributed by atoms with E-state index in [9.17, 15) is 19.2 Å². The highest BCUT2D eigenvalue weighted by Gasteiger charge is 2.54. The van der Waals surface area contributed by atoms with Crippen molar-refractivity contribution in [3.05, 3.63) is 0 Å². The van der Waals surface area contributed by atoms with Crippen LogP contribution < -0.4 is 0 Å². The summed E-state index contributed by atoms with van der Waals surface area (Å²) in [5.41, 5.74) is 0. The number of carbonyl (C=O) groups is 4. The second kappa shape index (κ2) is 5.14. The first-order valence-corrected chi connectivity index (χ1v) is 7.52. The molecule has 2 aliphatic rings. The number of thioether (sulfide) groups is 2. The minimum atomic E-state index is -1.68. The first-order valence-electron chi connectivity index (χ1n) is 5.55. The van der Waals surface area contributed by atoms with Crippen molar-refractivity contribution in [2.45, 2.75) is 19.7 Å². The third-order valence-corrected chi connectivity index (χ3v) is 4.39. The summed E-state index contributed by atoms with van der Waals surface area (Å²) in [4.78, 5) is 49.0. The molecule has 0 aromatic carbocycles. The Hall–Kier alpha value is -1.06. The van der Waals surface area contributed by atoms with Gasteiger partial charge in [0.25, 0.3) is 10.5 Å². The number of rotatable bonds is 4. The third-order valence-electron chi connectivity index (χ3n) is 2.75. The van der Waals surface area contributed by atoms with Gasteiger partial charge in [0.2, 0.25) is 17.7 Å². The average Bonchev–Trinajstić information content (AvgIpc) is 2.83. The van der Waals surface area contributed by atoms with E-state index in [1.54, 1.807) is 6.92 Å². The number of hydrogen-bond acceptors (Lipinski definition) is 7. The molecule has 0 aromatic heterocycles. The van der Waals surface area contributed by atoms with E-state index in [0.717, 1.165) is 33.3 Å². The van der Waals surface area contributed by atoms with Gasteiger partial charge in [-0.3, -0.25) is 19.2 Å². The molecule has 0 radical (unpaired) electrons. The van der Waals surface area contributed by atoms with Crippen molar-refractivity contribution in [3.8, 4) is 0 Å². The van der Waals surface area contributed by atoms with Crippen LogP contribution in [-0.2, 0) is 14.3 Å². The van der Waals surface area contributed by atoms with E-state index < -0.39 is 28.1 Å². The Labute approximate surface area is 118 Å². The Morgan fingerprint density at radius 2 is 1.47 bits per heavy atom. The minimum Gasteiger partial charge on any atom is -0.338 e. The zero-order valence-corrected chi connectivity index (χ0v) is 12.0. The lowest BCUT2D eigenvalue weighted by atomic mass is 10.3. The first kappa shape index (κ1) is 14.4. The molecule has 0 spiro atoms. The van der Waals surface area contributed by atoms with E-state index in [1.165, 1.54) is 6.92 Å². The van der Waals surface area contributed by atoms with Crippen molar-refractivity contribution >= 4 is 45.8 Å². The van der Waals surface area contributed by atoms with Crippen LogP contribution >= 0.6 is 23.5 Å². The average molecular weight is 304 g/mol. The summed E-state index contributed by atoms with van der Waals surface area (Å²) in [5, 5.41) is -1.03. The Balaban J connectivity index is 2.42. The summed E-state index contributed by atoms with van der Waals surface area (Å²) in [6.07, 6.45) is 0. The highest BCUT2D eigenvalue weighted by Crippen LogP contribution is 2.36. The molecular formula is C10H12N2O5S2. The Morgan fingerprint density at radius 3 is 1.74 bits per heavy atom. The van der Waals surface area contributed by atoms with Gasteiger partial charge in [0.15, 0.2) is 0 Å². The fraction of sp³-hybridized carbons (Fsp3) is 0.600. The largest absolute Gasteiger partial charge is 0.338 e. The highest BCUT2D eigenvalue weighted by molar-refractivity contribution is 8.15. The maximum absolute atomic E-state index is 11.8. The smallest absolute Gasteiger partial charge is 0.292 e. The molecule has 0 saturated carbocycles. The summed E-state index contributed by atoms with van der Waals surface area (Å²) in [5.74, 6) is -2.63. The molecule has 0 aromatic rings. The number of imide groups is 2. The first-order chi connectivity index (χ1) is 8.91. The van der Waals surface area contributed by atoms with Crippen LogP contribution in [-0.4, -0.2) is 56.1 Å². The number of hydrogen-bond donors (Lipinski definition) is 0. The highest BCUT2D eigenvalue weighted by atomic mass is 32.2. The van der Waals surface area contributed by atoms with Crippen molar-refractivity contribution < 1.29 is 23.9 Å². The normalized spacial score (nSPS) is 20.9. The lowest BCUT2D eigenvalue weighted by molar-refractivity contribution is -0.197. The van der Waals surface area contributed by atoms with Crippen LogP contribution in [0.15, 0.2) is 0 Å². The van der Waals surface area contributed by atoms with E-state index in [-0.39, 0.29) is 18.1 Å². The van der Waals surface area contributed by atoms with Crippen LogP contribution in [0.5, 0.6) is 0 Å². The zero-order chi connectivity index (χ0) is 14.2. The number of amides is 4. The second-order valence-corrected chi connectivity index (χ2v) is 5.79. The van der Waals surface area contributed by atoms with Crippen LogP contribution in [0.1, 0.15) is 13.8 Å². The van der Waals surface area contributed by atoms with Gasteiger partial charge in [0, 0.05) is 13.5 Å². The van der Waals surface area contributed by atoms with Gasteiger partial charge in [-0.2, -0.15) is 0 Å². The number of carbonyl (C=O) groups excluding carboxylic acids is 4. The Bertz CT molecular complexity index is 399. The molecule has 4 amide bonds. The minimum absolute atomic E-state index is 0.00907. The molecule has 2 aliphatic heterocycles. The van der Waals surface area contributed by atoms with Gasteiger partial charge >= 0.3 is 0 Å². The molecule has 9 heteroatoms. The van der Waals surface area contributed by atoms with Crippen molar-refractivity contribution in [2.75, 3.05) is 18.1 Å². The van der Waals surface area contributed by atoms with E-state index >= 15 is 0 Å². The quantitative estimate of drug-likeness (QED) is 0.768. The summed E-state index contributed by atoms with van der Waals surface area (Å²) in [7, 11) is 0. The molecule has 0 aliphatic carbocycles. The van der Waals surface area contributed by atoms with E-state index in [2.05, 4.69) is 0 Å². The van der Waals surface area contributed by atoms with Gasteiger partial charge in [-0.25, -0.2) is 9.80 Å². The summed E-state index contributed by atoms with van der Waals surface area (Å²) >= 11 is 1.66. The van der Waals surface area contributed by atoms with Gasteiger partial charge in [-0.15, -0.1) is 0 Å². The molecule has 0 bridgehead atoms. The molecule has 7 nitrogen and oxygen atoms in total. The molecule has 0 atom stereocenters. The molecule has 2 rings (SSSR count). The van der Waals surface area contributed by atoms with Crippen LogP contribution in [0.4, 0.5) is 9.59 Å². The second-order valence-electron chi connectivity index (χ2n) is 3.93. The maximum atomic E-state index is 11.8. The fourth-order valence-electron chi connectivity index (χ4n) is 2.01. The maximum Gasteiger partial charge on any atom is 0.292 e. The van der Waals surface area contributed by atoms with Crippen LogP contribution in [0.2, 0.25) is 0 Å². The number of ether oxygens (including phenoxy) is 1. The van der Waals surface area contributed by atoms with Gasteiger partial charge in [-0.1, -0.05) is 23.5 Å². The van der Waals surface area contributed by atoms with Crippen molar-refractivity contribution in [2.24, 2.45) is 0 Å². The Morgan fingerprint density at radius 1 is 1.05 bits per heavy atom. The van der Waals surface area contributed by atoms with Crippen LogP contribution in [0.3, 0.4) is 0 Å². The molecular weight excluding hydrogens is 292 g/mol. The van der Waals surface area contributed by atoms with Gasteiger partial charge < -0.3 is 4.74 Å². The Kier molecular flexibility index (Phi) is 3.88. The summed E-state index contributed by atoms with van der Waals surface area (Å²) in [6.45, 7) is 3.20. The third kappa shape index (κ3) is 2.26. The molecule has 104 valence electrons. The van der Waals surface area contributed by atoms with Crippen LogP contribution in [0, 0.1) is 0 Å². The fourth-order valence-corrected chi connectivity index (χ4v) is 3.57. The van der Waals surface area contributed by atoms with Gasteiger partial charge in [-0.05, 0) is 6.92 Å². The van der Waals surface area contributed by atoms with Crippen molar-refractivity contribution in [3.63, 3.8) is 0 Å². The molecule has 0 N–H and O–H groups in total. The molecule has 2 saturated heterocycles. The topological polar surface area (TPSA) is 84.0 Å². The lowest BCUT2D eigenvalue weighted by Gasteiger charge is -2.41. The SMILES string of the molecule is CCOC(C)(N1C(=O)CSC1=O)N1C(=O)CSC1=O. The summed E-state index contributed by atoms with van der Waals surface area (Å²) < 4.78 is 5.42. The molecule has 19 heavy (non-hydrogen) atoms. The zero-order valence-electron chi connectivity index (χ0n) is 10.4. The van der Waals surface area contributed by atoms with Gasteiger partial charge in [0.05, 0.1) is 11.5 Å². The number of nitrogens with zero attached hydrogens (tertiary/aromatic N) is 2. The lowest BCUT2D eigenvalue weighted by Crippen LogP contribution is -2.63. The summed E-state index contributed by atoms with van der Waals surface area (Å²) in [6, 6.07) is 0. The van der Waals surface area contributed by atoms with Crippen molar-refractivity contribution in [1.29, 1.82) is 0 Å². The monoisotopic (exact) mass is 304 g/mol. The van der Waals surface area contributed by atoms with E-state index in [0.29, 0.717) is 0 Å².